The van der Waals surface area contributed by atoms with Crippen LogP contribution in [0.15, 0.2) is 23.2 Å². The summed E-state index contributed by atoms with van der Waals surface area (Å²) in [7, 11) is 1.73. The summed E-state index contributed by atoms with van der Waals surface area (Å²) in [5.41, 5.74) is 1.19. The summed E-state index contributed by atoms with van der Waals surface area (Å²) in [6.07, 6.45) is -3.45. The van der Waals surface area contributed by atoms with Crippen LogP contribution in [0.3, 0.4) is 0 Å². The average Bonchev–Trinajstić information content (AvgIpc) is 3.34. The van der Waals surface area contributed by atoms with Gasteiger partial charge in [-0.2, -0.15) is 13.2 Å². The van der Waals surface area contributed by atoms with E-state index in [0.717, 1.165) is 50.2 Å². The van der Waals surface area contributed by atoms with E-state index in [1.165, 1.54) is 10.5 Å². The van der Waals surface area contributed by atoms with Crippen LogP contribution in [0.25, 0.3) is 0 Å². The number of nitrogens with one attached hydrogen (secondary N) is 1. The van der Waals surface area contributed by atoms with Crippen LogP contribution in [-0.2, 0) is 6.54 Å². The lowest BCUT2D eigenvalue weighted by atomic mass is 10.1. The number of ether oxygens (including phenoxy) is 2. The van der Waals surface area contributed by atoms with Crippen LogP contribution >= 0.6 is 0 Å². The third kappa shape index (κ3) is 5.28. The maximum absolute atomic E-state index is 12.6. The Morgan fingerprint density at radius 1 is 1.10 bits per heavy atom. The van der Waals surface area contributed by atoms with Gasteiger partial charge < -0.3 is 19.7 Å². The van der Waals surface area contributed by atoms with Crippen LogP contribution in [0.4, 0.5) is 13.2 Å². The van der Waals surface area contributed by atoms with Crippen molar-refractivity contribution in [3.63, 3.8) is 0 Å². The van der Waals surface area contributed by atoms with E-state index in [4.69, 9.17) is 9.47 Å². The molecule has 0 radical (unpaired) electrons. The SMILES string of the molecule is CN=C(NC1CCN(CC(F)(F)F)C1)N1CCN(Cc2ccc3c(c2)OCO3)CC1. The summed E-state index contributed by atoms with van der Waals surface area (Å²) in [5.74, 6) is 2.36. The fraction of sp³-hybridized carbons (Fsp3) is 0.650. The molecular weight excluding hydrogens is 399 g/mol. The Balaban J connectivity index is 1.24. The average molecular weight is 427 g/mol. The van der Waals surface area contributed by atoms with Gasteiger partial charge in [0.2, 0.25) is 6.79 Å². The van der Waals surface area contributed by atoms with Crippen molar-refractivity contribution in [2.24, 2.45) is 4.99 Å². The number of rotatable bonds is 4. The molecule has 1 unspecified atom stereocenters. The Kier molecular flexibility index (Phi) is 6.24. The smallest absolute Gasteiger partial charge is 0.401 e. The summed E-state index contributed by atoms with van der Waals surface area (Å²) in [6.45, 7) is 4.54. The lowest BCUT2D eigenvalue weighted by Crippen LogP contribution is -2.54. The molecule has 0 saturated carbocycles. The van der Waals surface area contributed by atoms with E-state index in [0.29, 0.717) is 19.5 Å². The van der Waals surface area contributed by atoms with Gasteiger partial charge in [0.1, 0.15) is 0 Å². The highest BCUT2D eigenvalue weighted by Crippen LogP contribution is 2.32. The Hall–Kier alpha value is -2.20. The number of likely N-dealkylation sites (tertiary alicyclic amines) is 1. The topological polar surface area (TPSA) is 52.6 Å². The van der Waals surface area contributed by atoms with E-state index in [9.17, 15) is 13.2 Å². The van der Waals surface area contributed by atoms with Crippen molar-refractivity contribution >= 4 is 5.96 Å². The Bertz CT molecular complexity index is 765. The lowest BCUT2D eigenvalue weighted by molar-refractivity contribution is -0.143. The third-order valence-corrected chi connectivity index (χ3v) is 5.74. The number of fused-ring (bicyclic) bond motifs is 1. The molecule has 7 nitrogen and oxygen atoms in total. The molecular formula is C20H28F3N5O2. The molecule has 10 heteroatoms. The van der Waals surface area contributed by atoms with E-state index >= 15 is 0 Å². The molecule has 3 aliphatic heterocycles. The molecule has 1 aromatic rings. The molecule has 0 aromatic heterocycles. The molecule has 0 aliphatic carbocycles. The first-order valence-electron chi connectivity index (χ1n) is 10.3. The summed E-state index contributed by atoms with van der Waals surface area (Å²) in [5, 5.41) is 3.36. The monoisotopic (exact) mass is 427 g/mol. The lowest BCUT2D eigenvalue weighted by Gasteiger charge is -2.37. The summed E-state index contributed by atoms with van der Waals surface area (Å²) < 4.78 is 48.6. The highest BCUT2D eigenvalue weighted by Gasteiger charge is 2.35. The standard InChI is InChI=1S/C20H28F3N5O2/c1-24-19(25-16-4-5-27(12-16)13-20(21,22)23)28-8-6-26(7-9-28)11-15-2-3-17-18(10-15)30-14-29-17/h2-3,10,16H,4-9,11-14H2,1H3,(H,24,25). The van der Waals surface area contributed by atoms with E-state index in [1.54, 1.807) is 7.05 Å². The first kappa shape index (κ1) is 21.0. The number of hydrogen-bond acceptors (Lipinski definition) is 5. The quantitative estimate of drug-likeness (QED) is 0.584. The van der Waals surface area contributed by atoms with Crippen molar-refractivity contribution in [2.75, 3.05) is 59.7 Å². The van der Waals surface area contributed by atoms with Crippen LogP contribution in [0.5, 0.6) is 11.5 Å². The number of halogens is 3. The molecule has 1 aromatic carbocycles. The second-order valence-electron chi connectivity index (χ2n) is 7.98. The zero-order valence-electron chi connectivity index (χ0n) is 17.1. The fourth-order valence-corrected chi connectivity index (χ4v) is 4.24. The second-order valence-corrected chi connectivity index (χ2v) is 7.98. The van der Waals surface area contributed by atoms with Crippen LogP contribution in [0.2, 0.25) is 0 Å². The Labute approximate surface area is 174 Å². The van der Waals surface area contributed by atoms with Gasteiger partial charge in [-0.25, -0.2) is 0 Å². The number of benzene rings is 1. The first-order valence-corrected chi connectivity index (χ1v) is 10.3. The minimum Gasteiger partial charge on any atom is -0.454 e. The molecule has 0 spiro atoms. The van der Waals surface area contributed by atoms with Gasteiger partial charge in [-0.1, -0.05) is 6.07 Å². The Morgan fingerprint density at radius 3 is 2.60 bits per heavy atom. The van der Waals surface area contributed by atoms with Gasteiger partial charge in [0.15, 0.2) is 17.5 Å². The van der Waals surface area contributed by atoms with E-state index in [-0.39, 0.29) is 12.8 Å². The van der Waals surface area contributed by atoms with Crippen molar-refractivity contribution in [1.29, 1.82) is 0 Å². The van der Waals surface area contributed by atoms with Crippen LogP contribution < -0.4 is 14.8 Å². The molecule has 166 valence electrons. The summed E-state index contributed by atoms with van der Waals surface area (Å²) >= 11 is 0. The Morgan fingerprint density at radius 2 is 1.87 bits per heavy atom. The molecule has 1 N–H and O–H groups in total. The van der Waals surface area contributed by atoms with Gasteiger partial charge in [-0.05, 0) is 24.1 Å². The van der Waals surface area contributed by atoms with Crippen LogP contribution in [0.1, 0.15) is 12.0 Å². The van der Waals surface area contributed by atoms with Gasteiger partial charge in [0.25, 0.3) is 0 Å². The van der Waals surface area contributed by atoms with Crippen molar-refractivity contribution in [1.82, 2.24) is 20.0 Å². The highest BCUT2D eigenvalue weighted by atomic mass is 19.4. The first-order chi connectivity index (χ1) is 14.4. The van der Waals surface area contributed by atoms with Crippen LogP contribution in [0, 0.1) is 0 Å². The number of aliphatic imine (C=N–C) groups is 1. The van der Waals surface area contributed by atoms with E-state index < -0.39 is 12.7 Å². The number of piperazine rings is 1. The number of nitrogens with zero attached hydrogens (tertiary/aromatic N) is 4. The molecule has 0 amide bonds. The molecule has 1 atom stereocenters. The molecule has 0 bridgehead atoms. The predicted octanol–water partition coefficient (Wildman–Crippen LogP) is 1.74. The largest absolute Gasteiger partial charge is 0.454 e. The zero-order chi connectivity index (χ0) is 21.1. The molecule has 4 rings (SSSR count). The van der Waals surface area contributed by atoms with E-state index in [1.807, 2.05) is 12.1 Å². The molecule has 3 heterocycles. The third-order valence-electron chi connectivity index (χ3n) is 5.74. The predicted molar refractivity (Wildman–Crippen MR) is 107 cm³/mol. The number of hydrogen-bond donors (Lipinski definition) is 1. The minimum absolute atomic E-state index is 0.00212. The van der Waals surface area contributed by atoms with E-state index in [2.05, 4.69) is 26.2 Å². The van der Waals surface area contributed by atoms with Gasteiger partial charge in [0.05, 0.1) is 6.54 Å². The van der Waals surface area contributed by atoms with Crippen LogP contribution in [-0.4, -0.2) is 92.5 Å². The van der Waals surface area contributed by atoms with Crippen molar-refractivity contribution in [3.8, 4) is 11.5 Å². The molecule has 2 fully saturated rings. The zero-order valence-corrected chi connectivity index (χ0v) is 17.1. The van der Waals surface area contributed by atoms with Crippen molar-refractivity contribution in [3.05, 3.63) is 23.8 Å². The van der Waals surface area contributed by atoms with Gasteiger partial charge >= 0.3 is 6.18 Å². The molecule has 2 saturated heterocycles. The highest BCUT2D eigenvalue weighted by molar-refractivity contribution is 5.80. The number of guanidine groups is 1. The summed E-state index contributed by atoms with van der Waals surface area (Å²) in [4.78, 5) is 10.4. The maximum atomic E-state index is 12.6. The van der Waals surface area contributed by atoms with Gasteiger partial charge in [-0.3, -0.25) is 14.8 Å². The molecule has 3 aliphatic rings. The normalized spacial score (nSPS) is 23.3. The second kappa shape index (κ2) is 8.89. The van der Waals surface area contributed by atoms with Gasteiger partial charge in [0, 0.05) is 58.9 Å². The number of alkyl halides is 3. The summed E-state index contributed by atoms with van der Waals surface area (Å²) in [6, 6.07) is 6.04. The van der Waals surface area contributed by atoms with Crippen molar-refractivity contribution in [2.45, 2.75) is 25.2 Å². The van der Waals surface area contributed by atoms with Crippen molar-refractivity contribution < 1.29 is 22.6 Å². The fourth-order valence-electron chi connectivity index (χ4n) is 4.24. The molecule has 30 heavy (non-hydrogen) atoms. The van der Waals surface area contributed by atoms with Gasteiger partial charge in [-0.15, -0.1) is 0 Å². The maximum Gasteiger partial charge on any atom is 0.401 e. The minimum atomic E-state index is -4.15.